The summed E-state index contributed by atoms with van der Waals surface area (Å²) in [7, 11) is 0. The first-order valence-corrected chi connectivity index (χ1v) is 11.0. The number of carboxylic acids is 1. The third-order valence-electron chi connectivity index (χ3n) is 7.28. The summed E-state index contributed by atoms with van der Waals surface area (Å²) >= 11 is 0. The molecular formula is C24H28FN3O2. The average molecular weight is 410 g/mol. The molecule has 0 unspecified atom stereocenters. The highest BCUT2D eigenvalue weighted by Crippen LogP contribution is 2.43. The molecule has 0 radical (unpaired) electrons. The Morgan fingerprint density at radius 2 is 2.03 bits per heavy atom. The standard InChI is InChI=1S/C24H28FN3O2/c25-19-5-3-4-16(10-19)11-23-18-12-17(22-6-1-2-9-28(22)23)14-27(15-18)20-7-8-26-21(13-20)24(29)30/h3-5,7-8,10,13,17-18,22-23H,1-2,6,9,11-12,14-15H2,(H,29,30)/t17-,18+,22+,23+/m1/s1. The first-order chi connectivity index (χ1) is 14.6. The van der Waals surface area contributed by atoms with Crippen LogP contribution in [0.4, 0.5) is 10.1 Å². The van der Waals surface area contributed by atoms with Gasteiger partial charge in [-0.05, 0) is 73.9 Å². The molecule has 158 valence electrons. The fourth-order valence-electron chi connectivity index (χ4n) is 6.04. The van der Waals surface area contributed by atoms with Crippen molar-refractivity contribution in [1.82, 2.24) is 9.88 Å². The Hall–Kier alpha value is -2.47. The van der Waals surface area contributed by atoms with E-state index in [9.17, 15) is 14.3 Å². The molecule has 2 aromatic rings. The number of fused-ring (bicyclic) bond motifs is 4. The van der Waals surface area contributed by atoms with Gasteiger partial charge in [0.2, 0.25) is 0 Å². The summed E-state index contributed by atoms with van der Waals surface area (Å²) in [5, 5.41) is 9.33. The Bertz CT molecular complexity index is 936. The van der Waals surface area contributed by atoms with Crippen LogP contribution in [0.1, 0.15) is 41.7 Å². The number of hydrogen-bond donors (Lipinski definition) is 1. The van der Waals surface area contributed by atoms with Gasteiger partial charge in [-0.2, -0.15) is 0 Å². The highest BCUT2D eigenvalue weighted by molar-refractivity contribution is 5.86. The summed E-state index contributed by atoms with van der Waals surface area (Å²) in [5.74, 6) is -0.0757. The van der Waals surface area contributed by atoms with Crippen molar-refractivity contribution in [2.45, 2.75) is 44.2 Å². The summed E-state index contributed by atoms with van der Waals surface area (Å²) in [6.45, 7) is 3.01. The molecule has 0 amide bonds. The second-order valence-corrected chi connectivity index (χ2v) is 9.07. The van der Waals surface area contributed by atoms with E-state index >= 15 is 0 Å². The molecule has 3 saturated heterocycles. The minimum absolute atomic E-state index is 0.0961. The lowest BCUT2D eigenvalue weighted by Gasteiger charge is -2.57. The normalized spacial score (nSPS) is 28.8. The number of anilines is 1. The lowest BCUT2D eigenvalue weighted by Crippen LogP contribution is -2.64. The van der Waals surface area contributed by atoms with Crippen LogP contribution in [0.2, 0.25) is 0 Å². The van der Waals surface area contributed by atoms with Gasteiger partial charge in [0.1, 0.15) is 11.5 Å². The van der Waals surface area contributed by atoms with Gasteiger partial charge >= 0.3 is 5.97 Å². The van der Waals surface area contributed by atoms with E-state index in [2.05, 4.69) is 14.8 Å². The number of nitrogens with zero attached hydrogens (tertiary/aromatic N) is 3. The second kappa shape index (κ2) is 7.99. The predicted molar refractivity (Wildman–Crippen MR) is 113 cm³/mol. The quantitative estimate of drug-likeness (QED) is 0.832. The number of hydrogen-bond acceptors (Lipinski definition) is 4. The van der Waals surface area contributed by atoms with Crippen LogP contribution in [0, 0.1) is 17.7 Å². The van der Waals surface area contributed by atoms with Crippen LogP contribution in [-0.4, -0.2) is 52.7 Å². The molecule has 1 aromatic heterocycles. The second-order valence-electron chi connectivity index (χ2n) is 9.07. The maximum Gasteiger partial charge on any atom is 0.354 e. The maximum absolute atomic E-state index is 13.8. The number of benzene rings is 1. The van der Waals surface area contributed by atoms with Gasteiger partial charge in [0, 0.05) is 37.1 Å². The van der Waals surface area contributed by atoms with Crippen molar-refractivity contribution in [1.29, 1.82) is 0 Å². The first-order valence-electron chi connectivity index (χ1n) is 11.0. The van der Waals surface area contributed by atoms with E-state index < -0.39 is 5.97 Å². The van der Waals surface area contributed by atoms with E-state index in [4.69, 9.17) is 0 Å². The van der Waals surface area contributed by atoms with Crippen LogP contribution in [0.25, 0.3) is 0 Å². The number of pyridine rings is 1. The van der Waals surface area contributed by atoms with E-state index in [1.165, 1.54) is 31.7 Å². The van der Waals surface area contributed by atoms with Crippen LogP contribution < -0.4 is 4.90 Å². The third-order valence-corrected chi connectivity index (χ3v) is 7.28. The number of rotatable bonds is 4. The van der Waals surface area contributed by atoms with Crippen molar-refractivity contribution in [2.75, 3.05) is 24.5 Å². The minimum Gasteiger partial charge on any atom is -0.477 e. The van der Waals surface area contributed by atoms with Gasteiger partial charge in [0.25, 0.3) is 0 Å². The van der Waals surface area contributed by atoms with Gasteiger partial charge in [-0.3, -0.25) is 4.90 Å². The lowest BCUT2D eigenvalue weighted by molar-refractivity contribution is -0.0317. The molecule has 5 rings (SSSR count). The van der Waals surface area contributed by atoms with Gasteiger partial charge in [-0.1, -0.05) is 18.6 Å². The molecule has 6 heteroatoms. The van der Waals surface area contributed by atoms with Gasteiger partial charge in [0.15, 0.2) is 0 Å². The summed E-state index contributed by atoms with van der Waals surface area (Å²) in [4.78, 5) is 20.4. The van der Waals surface area contributed by atoms with E-state index in [0.29, 0.717) is 23.9 Å². The molecular weight excluding hydrogens is 381 g/mol. The Morgan fingerprint density at radius 1 is 1.17 bits per heavy atom. The summed E-state index contributed by atoms with van der Waals surface area (Å²) in [6.07, 6.45) is 7.41. The molecule has 30 heavy (non-hydrogen) atoms. The minimum atomic E-state index is -0.989. The van der Waals surface area contributed by atoms with Gasteiger partial charge in [-0.25, -0.2) is 14.2 Å². The van der Waals surface area contributed by atoms with Crippen LogP contribution in [0.15, 0.2) is 42.6 Å². The van der Waals surface area contributed by atoms with Crippen molar-refractivity contribution in [3.05, 3.63) is 59.7 Å². The molecule has 0 saturated carbocycles. The highest BCUT2D eigenvalue weighted by atomic mass is 19.1. The summed E-state index contributed by atoms with van der Waals surface area (Å²) < 4.78 is 13.8. The van der Waals surface area contributed by atoms with E-state index in [-0.39, 0.29) is 11.5 Å². The van der Waals surface area contributed by atoms with Crippen molar-refractivity contribution in [3.63, 3.8) is 0 Å². The number of aromatic nitrogens is 1. The fourth-order valence-corrected chi connectivity index (χ4v) is 6.04. The monoisotopic (exact) mass is 409 g/mol. The molecule has 3 fully saturated rings. The molecule has 3 aliphatic heterocycles. The lowest BCUT2D eigenvalue weighted by atomic mass is 9.71. The molecule has 1 N–H and O–H groups in total. The SMILES string of the molecule is O=C(O)c1cc(N2C[C@H]3C[C@@H](C2)[C@H](Cc2cccc(F)c2)N2CCCC[C@@H]32)ccn1. The van der Waals surface area contributed by atoms with Crippen LogP contribution >= 0.6 is 0 Å². The number of piperidine rings is 3. The van der Waals surface area contributed by atoms with Crippen LogP contribution in [0.5, 0.6) is 0 Å². The number of carboxylic acid groups (broad SMARTS) is 1. The molecule has 4 atom stereocenters. The maximum atomic E-state index is 13.8. The number of halogens is 1. The Morgan fingerprint density at radius 3 is 2.87 bits per heavy atom. The molecule has 4 heterocycles. The van der Waals surface area contributed by atoms with Crippen molar-refractivity contribution < 1.29 is 14.3 Å². The van der Waals surface area contributed by atoms with Crippen LogP contribution in [0.3, 0.4) is 0 Å². The van der Waals surface area contributed by atoms with Crippen molar-refractivity contribution in [3.8, 4) is 0 Å². The Labute approximate surface area is 176 Å². The Balaban J connectivity index is 1.44. The fraction of sp³-hybridized carbons (Fsp3) is 0.500. The predicted octanol–water partition coefficient (Wildman–Crippen LogP) is 3.84. The third kappa shape index (κ3) is 3.69. The molecule has 0 spiro atoms. The summed E-state index contributed by atoms with van der Waals surface area (Å²) in [5.41, 5.74) is 2.11. The zero-order chi connectivity index (χ0) is 20.7. The first kappa shape index (κ1) is 19.5. The molecule has 0 aliphatic carbocycles. The topological polar surface area (TPSA) is 56.7 Å². The molecule has 2 bridgehead atoms. The number of aromatic carboxylic acids is 1. The van der Waals surface area contributed by atoms with Gasteiger partial charge in [0.05, 0.1) is 0 Å². The van der Waals surface area contributed by atoms with Gasteiger partial charge in [-0.15, -0.1) is 0 Å². The van der Waals surface area contributed by atoms with E-state index in [0.717, 1.165) is 37.3 Å². The zero-order valence-corrected chi connectivity index (χ0v) is 17.1. The van der Waals surface area contributed by atoms with Crippen molar-refractivity contribution >= 4 is 11.7 Å². The van der Waals surface area contributed by atoms with E-state index in [1.54, 1.807) is 18.3 Å². The molecule has 3 aliphatic rings. The Kier molecular flexibility index (Phi) is 5.19. The average Bonchev–Trinajstić information content (AvgIpc) is 2.77. The van der Waals surface area contributed by atoms with E-state index in [1.807, 2.05) is 18.2 Å². The zero-order valence-electron chi connectivity index (χ0n) is 17.1. The smallest absolute Gasteiger partial charge is 0.354 e. The molecule has 5 nitrogen and oxygen atoms in total. The molecule has 1 aromatic carbocycles. The highest BCUT2D eigenvalue weighted by Gasteiger charge is 2.47. The van der Waals surface area contributed by atoms with Gasteiger partial charge < -0.3 is 10.0 Å². The van der Waals surface area contributed by atoms with Crippen molar-refractivity contribution in [2.24, 2.45) is 11.8 Å². The summed E-state index contributed by atoms with van der Waals surface area (Å²) in [6, 6.07) is 11.6. The van der Waals surface area contributed by atoms with Crippen LogP contribution in [-0.2, 0) is 6.42 Å². The number of carbonyl (C=O) groups is 1. The largest absolute Gasteiger partial charge is 0.477 e.